The maximum absolute atomic E-state index is 13.0. The number of hydrazine groups is 1. The third-order valence-corrected chi connectivity index (χ3v) is 4.59. The van der Waals surface area contributed by atoms with E-state index in [-0.39, 0.29) is 5.91 Å². The van der Waals surface area contributed by atoms with Crippen LogP contribution in [0.3, 0.4) is 0 Å². The molecule has 0 radical (unpaired) electrons. The van der Waals surface area contributed by atoms with E-state index in [0.29, 0.717) is 17.4 Å². The Morgan fingerprint density at radius 3 is 2.80 bits per heavy atom. The van der Waals surface area contributed by atoms with Crippen molar-refractivity contribution in [3.63, 3.8) is 0 Å². The average Bonchev–Trinajstić information content (AvgIpc) is 2.65. The quantitative estimate of drug-likeness (QED) is 0.721. The van der Waals surface area contributed by atoms with Crippen molar-refractivity contribution in [1.82, 2.24) is 20.4 Å². The summed E-state index contributed by atoms with van der Waals surface area (Å²) in [7, 11) is 0. The Labute approximate surface area is 145 Å². The van der Waals surface area contributed by atoms with Gasteiger partial charge < -0.3 is 0 Å². The molecule has 0 saturated heterocycles. The molecule has 0 spiro atoms. The maximum Gasteiger partial charge on any atom is 0.270 e. The highest BCUT2D eigenvalue weighted by molar-refractivity contribution is 6.08. The number of aryl methyl sites for hydroxylation is 1. The van der Waals surface area contributed by atoms with Crippen molar-refractivity contribution >= 4 is 22.8 Å². The summed E-state index contributed by atoms with van der Waals surface area (Å²) in [6.07, 6.45) is 6.13. The molecule has 1 aromatic carbocycles. The second-order valence-electron chi connectivity index (χ2n) is 6.43. The maximum atomic E-state index is 13.0. The molecular weight excluding hydrogens is 314 g/mol. The van der Waals surface area contributed by atoms with E-state index in [9.17, 15) is 4.79 Å². The van der Waals surface area contributed by atoms with E-state index in [2.05, 4.69) is 27.7 Å². The molecule has 2 aromatic heterocycles. The van der Waals surface area contributed by atoms with Crippen LogP contribution in [0.2, 0.25) is 0 Å². The van der Waals surface area contributed by atoms with Gasteiger partial charge in [0.15, 0.2) is 0 Å². The second kappa shape index (κ2) is 6.47. The summed E-state index contributed by atoms with van der Waals surface area (Å²) >= 11 is 0. The van der Waals surface area contributed by atoms with Crippen LogP contribution in [0.1, 0.15) is 35.0 Å². The molecule has 6 heteroatoms. The van der Waals surface area contributed by atoms with Gasteiger partial charge in [0.05, 0.1) is 11.1 Å². The zero-order chi connectivity index (χ0) is 17.2. The summed E-state index contributed by atoms with van der Waals surface area (Å²) in [6, 6.07) is 9.52. The Balaban J connectivity index is 1.74. The molecule has 1 aliphatic rings. The minimum absolute atomic E-state index is 0.184. The first-order chi connectivity index (χ1) is 12.2. The van der Waals surface area contributed by atoms with Crippen LogP contribution >= 0.6 is 0 Å². The standard InChI is InChI=1S/C19H19N5O/c1-12-7-8-16-14(11-12)17(13-5-2-3-6-15(13)22-16)18(25)23-24-19-20-9-4-10-21-19/h2-6,9-10,12H,7-8,11H2,1H3,(H,23,25)(H,20,21,24)/t12-/m0/s1. The summed E-state index contributed by atoms with van der Waals surface area (Å²) in [4.78, 5) is 25.9. The average molecular weight is 333 g/mol. The van der Waals surface area contributed by atoms with Crippen LogP contribution in [0.25, 0.3) is 10.9 Å². The number of nitrogens with zero attached hydrogens (tertiary/aromatic N) is 3. The van der Waals surface area contributed by atoms with Crippen LogP contribution in [-0.4, -0.2) is 20.9 Å². The lowest BCUT2D eigenvalue weighted by Gasteiger charge is -2.24. The van der Waals surface area contributed by atoms with Gasteiger partial charge >= 0.3 is 0 Å². The monoisotopic (exact) mass is 333 g/mol. The summed E-state index contributed by atoms with van der Waals surface area (Å²) < 4.78 is 0. The van der Waals surface area contributed by atoms with Gasteiger partial charge in [-0.25, -0.2) is 9.97 Å². The van der Waals surface area contributed by atoms with Crippen LogP contribution in [0.5, 0.6) is 0 Å². The third kappa shape index (κ3) is 3.03. The molecule has 4 rings (SSSR count). The molecule has 0 unspecified atom stereocenters. The number of hydrogen-bond acceptors (Lipinski definition) is 5. The van der Waals surface area contributed by atoms with Crippen molar-refractivity contribution in [2.75, 3.05) is 5.43 Å². The number of carbonyl (C=O) groups is 1. The van der Waals surface area contributed by atoms with E-state index in [1.165, 1.54) is 0 Å². The third-order valence-electron chi connectivity index (χ3n) is 4.59. The normalized spacial score (nSPS) is 16.3. The highest BCUT2D eigenvalue weighted by atomic mass is 16.2. The van der Waals surface area contributed by atoms with Crippen LogP contribution in [0.4, 0.5) is 5.95 Å². The first kappa shape index (κ1) is 15.5. The predicted octanol–water partition coefficient (Wildman–Crippen LogP) is 2.91. The molecular formula is C19H19N5O. The van der Waals surface area contributed by atoms with Crippen molar-refractivity contribution in [2.45, 2.75) is 26.2 Å². The van der Waals surface area contributed by atoms with E-state index in [1.807, 2.05) is 24.3 Å². The number of carbonyl (C=O) groups excluding carboxylic acids is 1. The molecule has 2 heterocycles. The van der Waals surface area contributed by atoms with Gasteiger partial charge in [-0.3, -0.25) is 20.6 Å². The van der Waals surface area contributed by atoms with Gasteiger partial charge in [0.25, 0.3) is 5.91 Å². The number of para-hydroxylation sites is 1. The van der Waals surface area contributed by atoms with Crippen molar-refractivity contribution in [2.24, 2.45) is 5.92 Å². The van der Waals surface area contributed by atoms with E-state index in [0.717, 1.165) is 41.4 Å². The Hall–Kier alpha value is -3.02. The van der Waals surface area contributed by atoms with E-state index >= 15 is 0 Å². The largest absolute Gasteiger partial charge is 0.270 e. The number of benzene rings is 1. The lowest BCUT2D eigenvalue weighted by atomic mass is 9.84. The van der Waals surface area contributed by atoms with E-state index in [4.69, 9.17) is 4.98 Å². The topological polar surface area (TPSA) is 79.8 Å². The van der Waals surface area contributed by atoms with Crippen LogP contribution in [0, 0.1) is 5.92 Å². The van der Waals surface area contributed by atoms with Crippen molar-refractivity contribution < 1.29 is 4.79 Å². The van der Waals surface area contributed by atoms with Crippen LogP contribution in [-0.2, 0) is 12.8 Å². The van der Waals surface area contributed by atoms with Gasteiger partial charge in [0.1, 0.15) is 0 Å². The zero-order valence-corrected chi connectivity index (χ0v) is 14.0. The molecule has 0 saturated carbocycles. The first-order valence-electron chi connectivity index (χ1n) is 8.46. The SMILES string of the molecule is C[C@H]1CCc2nc3ccccc3c(C(=O)NNc3ncccn3)c2C1. The number of amides is 1. The number of rotatable bonds is 3. The second-order valence-corrected chi connectivity index (χ2v) is 6.43. The van der Waals surface area contributed by atoms with Gasteiger partial charge in [-0.15, -0.1) is 0 Å². The summed E-state index contributed by atoms with van der Waals surface area (Å²) in [5.74, 6) is 0.722. The fourth-order valence-corrected chi connectivity index (χ4v) is 3.36. The molecule has 0 aliphatic heterocycles. The van der Waals surface area contributed by atoms with Crippen molar-refractivity contribution in [3.05, 3.63) is 59.5 Å². The van der Waals surface area contributed by atoms with E-state index < -0.39 is 0 Å². The minimum Gasteiger partial charge on any atom is -0.267 e. The number of nitrogens with one attached hydrogen (secondary N) is 2. The Kier molecular flexibility index (Phi) is 4.01. The molecule has 3 aromatic rings. The highest BCUT2D eigenvalue weighted by Gasteiger charge is 2.25. The lowest BCUT2D eigenvalue weighted by Crippen LogP contribution is -2.32. The molecule has 6 nitrogen and oxygen atoms in total. The Bertz CT molecular complexity index is 926. The fourth-order valence-electron chi connectivity index (χ4n) is 3.36. The lowest BCUT2D eigenvalue weighted by molar-refractivity contribution is 0.0962. The van der Waals surface area contributed by atoms with Gasteiger partial charge in [0, 0.05) is 23.5 Å². The first-order valence-corrected chi connectivity index (χ1v) is 8.46. The van der Waals surface area contributed by atoms with Gasteiger partial charge in [-0.2, -0.15) is 0 Å². The minimum atomic E-state index is -0.184. The molecule has 1 aliphatic carbocycles. The van der Waals surface area contributed by atoms with Gasteiger partial charge in [0.2, 0.25) is 5.95 Å². The molecule has 2 N–H and O–H groups in total. The fraction of sp³-hybridized carbons (Fsp3) is 0.263. The number of aromatic nitrogens is 3. The molecule has 0 bridgehead atoms. The molecule has 126 valence electrons. The predicted molar refractivity (Wildman–Crippen MR) is 96.1 cm³/mol. The molecule has 1 atom stereocenters. The van der Waals surface area contributed by atoms with E-state index in [1.54, 1.807) is 18.5 Å². The number of hydrogen-bond donors (Lipinski definition) is 2. The van der Waals surface area contributed by atoms with Crippen molar-refractivity contribution in [3.8, 4) is 0 Å². The summed E-state index contributed by atoms with van der Waals surface area (Å²) in [5, 5.41) is 0.878. The Morgan fingerprint density at radius 2 is 1.96 bits per heavy atom. The number of anilines is 1. The summed E-state index contributed by atoms with van der Waals surface area (Å²) in [6.45, 7) is 2.22. The highest BCUT2D eigenvalue weighted by Crippen LogP contribution is 2.31. The molecule has 25 heavy (non-hydrogen) atoms. The van der Waals surface area contributed by atoms with Crippen molar-refractivity contribution in [1.29, 1.82) is 0 Å². The van der Waals surface area contributed by atoms with Gasteiger partial charge in [-0.1, -0.05) is 25.1 Å². The zero-order valence-electron chi connectivity index (χ0n) is 14.0. The summed E-state index contributed by atoms with van der Waals surface area (Å²) in [5.41, 5.74) is 9.18. The number of pyridine rings is 1. The van der Waals surface area contributed by atoms with Crippen LogP contribution < -0.4 is 10.9 Å². The van der Waals surface area contributed by atoms with Gasteiger partial charge in [-0.05, 0) is 42.9 Å². The Morgan fingerprint density at radius 1 is 1.16 bits per heavy atom. The smallest absolute Gasteiger partial charge is 0.267 e. The molecule has 0 fully saturated rings. The van der Waals surface area contributed by atoms with Crippen LogP contribution in [0.15, 0.2) is 42.7 Å². The number of fused-ring (bicyclic) bond motifs is 2. The molecule has 1 amide bonds.